The molecule has 6 heteroatoms. The van der Waals surface area contributed by atoms with Crippen LogP contribution >= 0.6 is 27.3 Å². The van der Waals surface area contributed by atoms with Gasteiger partial charge in [-0.05, 0) is 19.9 Å². The summed E-state index contributed by atoms with van der Waals surface area (Å²) in [5.41, 5.74) is 7.55. The summed E-state index contributed by atoms with van der Waals surface area (Å²) in [4.78, 5) is 17.7. The topological polar surface area (TPSA) is 68.0 Å². The summed E-state index contributed by atoms with van der Waals surface area (Å²) in [5.74, 6) is -0.205. The third kappa shape index (κ3) is 3.74. The molecule has 0 saturated carbocycles. The monoisotopic (exact) mass is 381 g/mol. The van der Waals surface area contributed by atoms with Crippen LogP contribution in [-0.4, -0.2) is 17.4 Å². The Labute approximate surface area is 143 Å². The molecule has 1 aromatic heterocycles. The molecule has 0 aliphatic heterocycles. The lowest BCUT2D eigenvalue weighted by Gasteiger charge is -2.15. The number of carbonyl (C=O) groups excluding carboxylic acids is 1. The maximum Gasteiger partial charge on any atom is 0.224 e. The fourth-order valence-electron chi connectivity index (χ4n) is 2.09. The molecular formula is C16H20BrN3OS. The van der Waals surface area contributed by atoms with Crippen molar-refractivity contribution in [3.8, 4) is 10.6 Å². The first kappa shape index (κ1) is 17.1. The Balaban J connectivity index is 2.23. The van der Waals surface area contributed by atoms with Crippen LogP contribution in [0.5, 0.6) is 0 Å². The number of aromatic nitrogens is 1. The average molecular weight is 382 g/mol. The Morgan fingerprint density at radius 1 is 1.41 bits per heavy atom. The van der Waals surface area contributed by atoms with Crippen LogP contribution in [-0.2, 0) is 4.79 Å². The number of halogens is 1. The zero-order chi connectivity index (χ0) is 16.3. The first-order valence-corrected chi connectivity index (χ1v) is 8.77. The zero-order valence-electron chi connectivity index (χ0n) is 12.9. The number of nitrogens with one attached hydrogen (secondary N) is 1. The highest BCUT2D eigenvalue weighted by Gasteiger charge is 2.20. The predicted molar refractivity (Wildman–Crippen MR) is 94.8 cm³/mol. The number of rotatable bonds is 5. The summed E-state index contributed by atoms with van der Waals surface area (Å²) < 4.78 is 1.02. The maximum atomic E-state index is 12.0. The van der Waals surface area contributed by atoms with E-state index in [9.17, 15) is 4.79 Å². The highest BCUT2D eigenvalue weighted by molar-refractivity contribution is 9.10. The van der Waals surface area contributed by atoms with Gasteiger partial charge in [0.25, 0.3) is 0 Å². The molecule has 0 spiro atoms. The van der Waals surface area contributed by atoms with Crippen molar-refractivity contribution in [2.24, 2.45) is 11.7 Å². The molecule has 0 radical (unpaired) electrons. The van der Waals surface area contributed by atoms with E-state index in [2.05, 4.69) is 26.2 Å². The van der Waals surface area contributed by atoms with E-state index in [0.717, 1.165) is 25.6 Å². The van der Waals surface area contributed by atoms with Crippen LogP contribution in [0.15, 0.2) is 28.7 Å². The standard InChI is InChI=1S/C16H20BrN3OS/c1-9(8-18)15(21)19-10(2)14-11(3)20-16(22-14)12-6-4-5-7-13(12)17/h4-7,9-10H,8,18H2,1-3H3,(H,19,21). The summed E-state index contributed by atoms with van der Waals surface area (Å²) in [6, 6.07) is 7.93. The lowest BCUT2D eigenvalue weighted by molar-refractivity contribution is -0.124. The number of nitrogens with two attached hydrogens (primary N) is 1. The molecule has 118 valence electrons. The van der Waals surface area contributed by atoms with E-state index < -0.39 is 0 Å². The van der Waals surface area contributed by atoms with Crippen molar-refractivity contribution in [1.29, 1.82) is 0 Å². The number of thiazole rings is 1. The van der Waals surface area contributed by atoms with Crippen molar-refractivity contribution in [3.05, 3.63) is 39.3 Å². The van der Waals surface area contributed by atoms with E-state index in [1.165, 1.54) is 0 Å². The molecule has 1 heterocycles. The minimum absolute atomic E-state index is 0.0229. The van der Waals surface area contributed by atoms with Crippen LogP contribution in [0.2, 0.25) is 0 Å². The Kier molecular flexibility index (Phi) is 5.72. The fraction of sp³-hybridized carbons (Fsp3) is 0.375. The minimum atomic E-state index is -0.182. The van der Waals surface area contributed by atoms with Crippen molar-refractivity contribution in [2.75, 3.05) is 6.54 Å². The first-order valence-electron chi connectivity index (χ1n) is 7.16. The van der Waals surface area contributed by atoms with E-state index in [1.807, 2.05) is 45.0 Å². The van der Waals surface area contributed by atoms with Crippen molar-refractivity contribution in [1.82, 2.24) is 10.3 Å². The Morgan fingerprint density at radius 3 is 2.73 bits per heavy atom. The molecule has 2 aromatic rings. The molecule has 1 aromatic carbocycles. The third-order valence-electron chi connectivity index (χ3n) is 3.49. The van der Waals surface area contributed by atoms with Gasteiger partial charge in [-0.1, -0.05) is 41.1 Å². The smallest absolute Gasteiger partial charge is 0.224 e. The summed E-state index contributed by atoms with van der Waals surface area (Å²) in [7, 11) is 0. The first-order chi connectivity index (χ1) is 10.4. The van der Waals surface area contributed by atoms with E-state index >= 15 is 0 Å². The van der Waals surface area contributed by atoms with Crippen LogP contribution in [0, 0.1) is 12.8 Å². The molecule has 0 aliphatic carbocycles. The van der Waals surface area contributed by atoms with Gasteiger partial charge in [0.05, 0.1) is 16.6 Å². The Hall–Kier alpha value is -1.24. The van der Waals surface area contributed by atoms with E-state index in [4.69, 9.17) is 5.73 Å². The number of carbonyl (C=O) groups is 1. The highest BCUT2D eigenvalue weighted by Crippen LogP contribution is 2.35. The summed E-state index contributed by atoms with van der Waals surface area (Å²) in [5, 5.41) is 3.96. The Bertz CT molecular complexity index is 671. The van der Waals surface area contributed by atoms with E-state index in [1.54, 1.807) is 11.3 Å². The second-order valence-corrected chi connectivity index (χ2v) is 7.20. The number of hydrogen-bond acceptors (Lipinski definition) is 4. The van der Waals surface area contributed by atoms with Gasteiger partial charge >= 0.3 is 0 Å². The number of aryl methyl sites for hydroxylation is 1. The molecule has 2 unspecified atom stereocenters. The lowest BCUT2D eigenvalue weighted by atomic mass is 10.1. The maximum absolute atomic E-state index is 12.0. The summed E-state index contributed by atoms with van der Waals surface area (Å²) in [6.45, 7) is 6.13. The largest absolute Gasteiger partial charge is 0.348 e. The van der Waals surface area contributed by atoms with Crippen LogP contribution < -0.4 is 11.1 Å². The third-order valence-corrected chi connectivity index (χ3v) is 5.55. The second-order valence-electron chi connectivity index (χ2n) is 5.32. The molecular weight excluding hydrogens is 362 g/mol. The van der Waals surface area contributed by atoms with Crippen LogP contribution in [0.1, 0.15) is 30.5 Å². The molecule has 2 rings (SSSR count). The number of hydrogen-bond donors (Lipinski definition) is 2. The van der Waals surface area contributed by atoms with Crippen molar-refractivity contribution in [3.63, 3.8) is 0 Å². The van der Waals surface area contributed by atoms with Crippen LogP contribution in [0.4, 0.5) is 0 Å². The Morgan fingerprint density at radius 2 is 2.09 bits per heavy atom. The number of nitrogens with zero attached hydrogens (tertiary/aromatic N) is 1. The van der Waals surface area contributed by atoms with Gasteiger partial charge in [-0.3, -0.25) is 4.79 Å². The van der Waals surface area contributed by atoms with Gasteiger partial charge in [-0.2, -0.15) is 0 Å². The van der Waals surface area contributed by atoms with Crippen LogP contribution in [0.25, 0.3) is 10.6 Å². The lowest BCUT2D eigenvalue weighted by Crippen LogP contribution is -2.34. The molecule has 3 N–H and O–H groups in total. The number of amides is 1. The quantitative estimate of drug-likeness (QED) is 0.830. The van der Waals surface area contributed by atoms with Crippen LogP contribution in [0.3, 0.4) is 0 Å². The molecule has 0 fully saturated rings. The van der Waals surface area contributed by atoms with Gasteiger partial charge in [0.1, 0.15) is 5.01 Å². The molecule has 0 saturated heterocycles. The number of benzene rings is 1. The van der Waals surface area contributed by atoms with Crippen molar-refractivity contribution < 1.29 is 4.79 Å². The molecule has 1 amide bonds. The molecule has 0 aliphatic rings. The molecule has 4 nitrogen and oxygen atoms in total. The van der Waals surface area contributed by atoms with Gasteiger partial charge < -0.3 is 11.1 Å². The zero-order valence-corrected chi connectivity index (χ0v) is 15.3. The minimum Gasteiger partial charge on any atom is -0.348 e. The highest BCUT2D eigenvalue weighted by atomic mass is 79.9. The normalized spacial score (nSPS) is 13.7. The molecule has 22 heavy (non-hydrogen) atoms. The van der Waals surface area contributed by atoms with Gasteiger partial charge in [-0.15, -0.1) is 11.3 Å². The summed E-state index contributed by atoms with van der Waals surface area (Å²) in [6.07, 6.45) is 0. The molecule has 0 bridgehead atoms. The second kappa shape index (κ2) is 7.35. The van der Waals surface area contributed by atoms with Gasteiger partial charge in [0.2, 0.25) is 5.91 Å². The fourth-order valence-corrected chi connectivity index (χ4v) is 3.80. The molecule has 2 atom stereocenters. The average Bonchev–Trinajstić information content (AvgIpc) is 2.88. The van der Waals surface area contributed by atoms with Gasteiger partial charge in [-0.25, -0.2) is 4.98 Å². The SMILES string of the molecule is Cc1nc(-c2ccccc2Br)sc1C(C)NC(=O)C(C)CN. The van der Waals surface area contributed by atoms with Gasteiger partial charge in [0, 0.05) is 22.5 Å². The van der Waals surface area contributed by atoms with Gasteiger partial charge in [0.15, 0.2) is 0 Å². The van der Waals surface area contributed by atoms with E-state index in [0.29, 0.717) is 6.54 Å². The van der Waals surface area contributed by atoms with E-state index in [-0.39, 0.29) is 17.9 Å². The predicted octanol–water partition coefficient (Wildman–Crippen LogP) is 3.65. The van der Waals surface area contributed by atoms with Crippen molar-refractivity contribution >= 4 is 33.2 Å². The summed E-state index contributed by atoms with van der Waals surface area (Å²) >= 11 is 5.16. The van der Waals surface area contributed by atoms with Crippen molar-refractivity contribution in [2.45, 2.75) is 26.8 Å².